The van der Waals surface area contributed by atoms with E-state index in [1.807, 2.05) is 17.8 Å². The van der Waals surface area contributed by atoms with Crippen LogP contribution < -0.4 is 0 Å². The normalized spacial score (nSPS) is 16.1. The molecule has 10 heteroatoms. The van der Waals surface area contributed by atoms with E-state index in [-0.39, 0.29) is 11.3 Å². The molecule has 0 bridgehead atoms. The Balaban J connectivity index is 2.02. The van der Waals surface area contributed by atoms with Crippen LogP contribution in [0.15, 0.2) is 17.6 Å². The summed E-state index contributed by atoms with van der Waals surface area (Å²) in [5, 5.41) is 19.4. The fourth-order valence-electron chi connectivity index (χ4n) is 3.08. The third-order valence-corrected chi connectivity index (χ3v) is 5.88. The molecule has 3 amide bonds. The number of hydrogen-bond acceptors (Lipinski definition) is 5. The number of amides is 3. The van der Waals surface area contributed by atoms with Gasteiger partial charge in [0, 0.05) is 38.3 Å². The number of likely N-dealkylation sites (tertiary alicyclic amines) is 1. The van der Waals surface area contributed by atoms with E-state index in [4.69, 9.17) is 0 Å². The van der Waals surface area contributed by atoms with Crippen LogP contribution >= 0.6 is 11.8 Å². The molecule has 1 aliphatic rings. The monoisotopic (exact) mass is 398 g/mol. The highest BCUT2D eigenvalue weighted by Crippen LogP contribution is 2.22. The molecule has 0 unspecified atom stereocenters. The molecule has 1 saturated heterocycles. The Kier molecular flexibility index (Phi) is 7.52. The van der Waals surface area contributed by atoms with E-state index in [0.717, 1.165) is 18.0 Å². The Morgan fingerprint density at radius 3 is 2.44 bits per heavy atom. The molecule has 0 aromatic carbocycles. The minimum atomic E-state index is -1.62. The zero-order chi connectivity index (χ0) is 20.0. The highest BCUT2D eigenvalue weighted by molar-refractivity contribution is 7.99. The summed E-state index contributed by atoms with van der Waals surface area (Å²) >= 11 is 1.49. The highest BCUT2D eigenvalue weighted by atomic mass is 32.2. The van der Waals surface area contributed by atoms with Crippen molar-refractivity contribution >= 4 is 29.9 Å². The smallest absolute Gasteiger partial charge is 0.417 e. The summed E-state index contributed by atoms with van der Waals surface area (Å²) in [6.07, 6.45) is 2.59. The van der Waals surface area contributed by atoms with Crippen molar-refractivity contribution in [3.8, 4) is 0 Å². The van der Waals surface area contributed by atoms with Crippen LogP contribution in [-0.2, 0) is 11.8 Å². The second-order valence-corrected chi connectivity index (χ2v) is 7.83. The number of thioether (sulfide) groups is 1. The number of aromatic nitrogens is 2. The standard InChI is InChI=1S/C17H26N4O5S/c1-12-5-8-20(9-6-12)14(22)13(21(16(23)24)17(25)26)4-3-11-27-15-18-7-10-19(15)2/h7,10,12-13H,3-6,8-9,11H2,1-2H3,(H,23,24)(H,25,26)/t13-/m0/s1. The molecule has 9 nitrogen and oxygen atoms in total. The summed E-state index contributed by atoms with van der Waals surface area (Å²) in [7, 11) is 1.87. The van der Waals surface area contributed by atoms with Crippen molar-refractivity contribution in [1.82, 2.24) is 19.4 Å². The van der Waals surface area contributed by atoms with Crippen molar-refractivity contribution < 1.29 is 24.6 Å². The van der Waals surface area contributed by atoms with Gasteiger partial charge >= 0.3 is 12.2 Å². The minimum absolute atomic E-state index is 0.154. The number of carbonyl (C=O) groups excluding carboxylic acids is 1. The van der Waals surface area contributed by atoms with Crippen molar-refractivity contribution in [1.29, 1.82) is 0 Å². The van der Waals surface area contributed by atoms with Gasteiger partial charge in [0.2, 0.25) is 5.91 Å². The van der Waals surface area contributed by atoms with Gasteiger partial charge in [0.25, 0.3) is 0 Å². The van der Waals surface area contributed by atoms with E-state index >= 15 is 0 Å². The first-order valence-electron chi connectivity index (χ1n) is 8.95. The van der Waals surface area contributed by atoms with Crippen LogP contribution in [0.25, 0.3) is 0 Å². The van der Waals surface area contributed by atoms with Gasteiger partial charge in [-0.2, -0.15) is 4.90 Å². The minimum Gasteiger partial charge on any atom is -0.464 e. The average molecular weight is 398 g/mol. The molecular weight excluding hydrogens is 372 g/mol. The van der Waals surface area contributed by atoms with Crippen molar-refractivity contribution in [2.45, 2.75) is 43.8 Å². The van der Waals surface area contributed by atoms with Gasteiger partial charge < -0.3 is 19.7 Å². The van der Waals surface area contributed by atoms with E-state index in [2.05, 4.69) is 11.9 Å². The van der Waals surface area contributed by atoms with Gasteiger partial charge in [0.15, 0.2) is 5.16 Å². The van der Waals surface area contributed by atoms with Gasteiger partial charge in [-0.3, -0.25) is 4.79 Å². The maximum atomic E-state index is 12.9. The summed E-state index contributed by atoms with van der Waals surface area (Å²) in [4.78, 5) is 41.8. The number of hydrogen-bond donors (Lipinski definition) is 2. The van der Waals surface area contributed by atoms with E-state index in [1.54, 1.807) is 11.1 Å². The lowest BCUT2D eigenvalue weighted by molar-refractivity contribution is -0.137. The van der Waals surface area contributed by atoms with Gasteiger partial charge in [-0.05, 0) is 31.6 Å². The van der Waals surface area contributed by atoms with E-state index in [9.17, 15) is 24.6 Å². The highest BCUT2D eigenvalue weighted by Gasteiger charge is 2.37. The van der Waals surface area contributed by atoms with Crippen LogP contribution in [0.2, 0.25) is 0 Å². The number of piperidine rings is 1. The third-order valence-electron chi connectivity index (χ3n) is 4.73. The Hall–Kier alpha value is -2.23. The van der Waals surface area contributed by atoms with E-state index in [0.29, 0.717) is 31.2 Å². The molecule has 1 atom stereocenters. The average Bonchev–Trinajstić information content (AvgIpc) is 3.02. The van der Waals surface area contributed by atoms with Crippen LogP contribution in [0.4, 0.5) is 9.59 Å². The Bertz CT molecular complexity index is 658. The molecule has 1 aromatic heterocycles. The largest absolute Gasteiger partial charge is 0.464 e. The lowest BCUT2D eigenvalue weighted by Crippen LogP contribution is -2.54. The fraction of sp³-hybridized carbons (Fsp3) is 0.647. The van der Waals surface area contributed by atoms with Crippen LogP contribution in [0, 0.1) is 5.92 Å². The lowest BCUT2D eigenvalue weighted by atomic mass is 9.98. The topological polar surface area (TPSA) is 116 Å². The zero-order valence-electron chi connectivity index (χ0n) is 15.6. The molecule has 2 N–H and O–H groups in total. The summed E-state index contributed by atoms with van der Waals surface area (Å²) in [6, 6.07) is -1.21. The molecule has 0 saturated carbocycles. The molecule has 1 aromatic rings. The quantitative estimate of drug-likeness (QED) is 0.535. The predicted octanol–water partition coefficient (Wildman–Crippen LogP) is 2.58. The Morgan fingerprint density at radius 2 is 1.93 bits per heavy atom. The SMILES string of the molecule is CC1CCN(C(=O)[C@H](CCCSc2nccn2C)N(C(=O)O)C(=O)O)CC1. The number of rotatable bonds is 7. The molecule has 0 aliphatic carbocycles. The molecule has 1 fully saturated rings. The molecule has 2 rings (SSSR count). The summed E-state index contributed by atoms with van der Waals surface area (Å²) in [5.74, 6) is 0.698. The van der Waals surface area contributed by atoms with Gasteiger partial charge in [-0.15, -0.1) is 0 Å². The molecule has 2 heterocycles. The second-order valence-electron chi connectivity index (χ2n) is 6.77. The maximum Gasteiger partial charge on any atom is 0.417 e. The summed E-state index contributed by atoms with van der Waals surface area (Å²) in [5.41, 5.74) is 0. The number of carboxylic acid groups (broad SMARTS) is 2. The Morgan fingerprint density at radius 1 is 1.30 bits per heavy atom. The van der Waals surface area contributed by atoms with Gasteiger partial charge in [-0.1, -0.05) is 18.7 Å². The zero-order valence-corrected chi connectivity index (χ0v) is 16.4. The summed E-state index contributed by atoms with van der Waals surface area (Å²) < 4.78 is 1.86. The number of imidazole rings is 1. The second kappa shape index (κ2) is 9.63. The van der Waals surface area contributed by atoms with Crippen LogP contribution in [0.5, 0.6) is 0 Å². The molecule has 0 radical (unpaired) electrons. The number of carbonyl (C=O) groups is 3. The first-order chi connectivity index (χ1) is 12.8. The number of imide groups is 1. The molecule has 0 spiro atoms. The van der Waals surface area contributed by atoms with Gasteiger partial charge in [-0.25, -0.2) is 14.6 Å². The number of aryl methyl sites for hydroxylation is 1. The van der Waals surface area contributed by atoms with Crippen molar-refractivity contribution in [3.63, 3.8) is 0 Å². The van der Waals surface area contributed by atoms with Gasteiger partial charge in [0.1, 0.15) is 6.04 Å². The maximum absolute atomic E-state index is 12.9. The summed E-state index contributed by atoms with van der Waals surface area (Å²) in [6.45, 7) is 3.17. The first-order valence-corrected chi connectivity index (χ1v) is 9.93. The third kappa shape index (κ3) is 5.62. The fourth-order valence-corrected chi connectivity index (χ4v) is 3.98. The molecule has 1 aliphatic heterocycles. The van der Waals surface area contributed by atoms with Crippen molar-refractivity contribution in [2.75, 3.05) is 18.8 Å². The van der Waals surface area contributed by atoms with Crippen LogP contribution in [0.1, 0.15) is 32.6 Å². The lowest BCUT2D eigenvalue weighted by Gasteiger charge is -2.35. The molecule has 150 valence electrons. The van der Waals surface area contributed by atoms with E-state index < -0.39 is 24.1 Å². The van der Waals surface area contributed by atoms with Crippen LogP contribution in [-0.4, -0.2) is 72.5 Å². The number of nitrogens with zero attached hydrogens (tertiary/aromatic N) is 4. The molecule has 27 heavy (non-hydrogen) atoms. The van der Waals surface area contributed by atoms with Gasteiger partial charge in [0.05, 0.1) is 0 Å². The molecular formula is C17H26N4O5S. The van der Waals surface area contributed by atoms with Crippen LogP contribution in [0.3, 0.4) is 0 Å². The van der Waals surface area contributed by atoms with Crippen molar-refractivity contribution in [3.05, 3.63) is 12.4 Å². The predicted molar refractivity (Wildman–Crippen MR) is 99.8 cm³/mol. The van der Waals surface area contributed by atoms with E-state index in [1.165, 1.54) is 11.8 Å². The van der Waals surface area contributed by atoms with Crippen molar-refractivity contribution in [2.24, 2.45) is 13.0 Å². The first kappa shape index (κ1) is 21.1. The Labute approximate surface area is 162 Å².